The van der Waals surface area contributed by atoms with Gasteiger partial charge in [0.2, 0.25) is 0 Å². The summed E-state index contributed by atoms with van der Waals surface area (Å²) in [5.74, 6) is 3.64. The van der Waals surface area contributed by atoms with Crippen molar-refractivity contribution in [3.8, 4) is 0 Å². The molecule has 2 aliphatic rings. The topological polar surface area (TPSA) is 59.7 Å². The van der Waals surface area contributed by atoms with Gasteiger partial charge in [-0.05, 0) is 62.4 Å². The summed E-state index contributed by atoms with van der Waals surface area (Å²) in [7, 11) is 0. The average Bonchev–Trinajstić information content (AvgIpc) is 3.26. The molecule has 1 aliphatic carbocycles. The lowest BCUT2D eigenvalue weighted by atomic mass is 9.91. The maximum atomic E-state index is 4.68. The van der Waals surface area contributed by atoms with Gasteiger partial charge in [-0.25, -0.2) is 0 Å². The smallest absolute Gasteiger partial charge is 0.191 e. The molecule has 2 fully saturated rings. The minimum atomic E-state index is 0.472. The predicted octanol–water partition coefficient (Wildman–Crippen LogP) is 5.46. The molecule has 3 heterocycles. The predicted molar refractivity (Wildman–Crippen MR) is 134 cm³/mol. The van der Waals surface area contributed by atoms with Crippen LogP contribution < -0.4 is 0 Å². The zero-order chi connectivity index (χ0) is 22.5. The van der Waals surface area contributed by atoms with Crippen molar-refractivity contribution in [2.24, 2.45) is 5.92 Å². The molecule has 1 saturated carbocycles. The number of allylic oxidation sites excluding steroid dienone is 1. The third-order valence-electron chi connectivity index (χ3n) is 7.12. The fourth-order valence-corrected chi connectivity index (χ4v) is 6.41. The molecule has 0 N–H and O–H groups in total. The highest BCUT2D eigenvalue weighted by Crippen LogP contribution is 2.33. The molecule has 6 nitrogen and oxygen atoms in total. The number of benzene rings is 1. The van der Waals surface area contributed by atoms with E-state index < -0.39 is 0 Å². The van der Waals surface area contributed by atoms with Crippen LogP contribution in [-0.2, 0) is 13.1 Å². The van der Waals surface area contributed by atoms with Crippen LogP contribution in [0.1, 0.15) is 62.3 Å². The second-order valence-corrected chi connectivity index (χ2v) is 10.5. The van der Waals surface area contributed by atoms with Gasteiger partial charge in [-0.15, -0.1) is 16.8 Å². The summed E-state index contributed by atoms with van der Waals surface area (Å²) < 4.78 is 2.32. The maximum Gasteiger partial charge on any atom is 0.191 e. The van der Waals surface area contributed by atoms with Crippen LogP contribution in [-0.4, -0.2) is 48.5 Å². The number of likely N-dealkylation sites (tertiary alicyclic amines) is 1. The number of fused-ring (bicyclic) bond motifs is 1. The highest BCUT2D eigenvalue weighted by Gasteiger charge is 2.26. The molecular weight excluding hydrogens is 428 g/mol. The van der Waals surface area contributed by atoms with Gasteiger partial charge in [0.25, 0.3) is 0 Å². The second-order valence-electron chi connectivity index (χ2n) is 9.48. The van der Waals surface area contributed by atoms with Crippen molar-refractivity contribution in [2.75, 3.05) is 18.8 Å². The highest BCUT2D eigenvalue weighted by molar-refractivity contribution is 7.99. The Morgan fingerprint density at radius 1 is 0.970 bits per heavy atom. The molecule has 1 aliphatic heterocycles. The average molecular weight is 463 g/mol. The standard InChI is InChI=1S/C26H34N6S/c1-2-14-32-25(29-30-26(32)33-19-20-6-4-3-5-7-20)22-10-15-31(16-11-22)18-21-8-9-23-24(17-21)28-13-12-27-23/h2,8-9,12-13,17,20,22H,1,3-7,10-11,14-16,18-19H2. The Bertz CT molecular complexity index is 1070. The fraction of sp³-hybridized carbons (Fsp3) is 0.538. The van der Waals surface area contributed by atoms with Crippen molar-refractivity contribution in [1.82, 2.24) is 29.6 Å². The molecule has 2 aromatic heterocycles. The molecule has 33 heavy (non-hydrogen) atoms. The first-order valence-electron chi connectivity index (χ1n) is 12.4. The fourth-order valence-electron chi connectivity index (χ4n) is 5.27. The van der Waals surface area contributed by atoms with Crippen LogP contribution in [0.5, 0.6) is 0 Å². The molecule has 0 spiro atoms. The number of aromatic nitrogens is 5. The Hall–Kier alpha value is -2.25. The van der Waals surface area contributed by atoms with Crippen LogP contribution in [0.2, 0.25) is 0 Å². The van der Waals surface area contributed by atoms with Gasteiger partial charge in [0, 0.05) is 37.2 Å². The molecule has 0 radical (unpaired) electrons. The van der Waals surface area contributed by atoms with Crippen molar-refractivity contribution in [1.29, 1.82) is 0 Å². The Kier molecular flexibility index (Phi) is 7.37. The number of rotatable bonds is 8. The minimum absolute atomic E-state index is 0.472. The molecule has 0 bridgehead atoms. The van der Waals surface area contributed by atoms with Gasteiger partial charge < -0.3 is 4.57 Å². The normalized spacial score (nSPS) is 18.7. The first-order valence-corrected chi connectivity index (χ1v) is 13.4. The summed E-state index contributed by atoms with van der Waals surface area (Å²) in [5, 5.41) is 10.4. The molecule has 7 heteroatoms. The molecule has 1 saturated heterocycles. The Morgan fingerprint density at radius 3 is 2.55 bits per heavy atom. The summed E-state index contributed by atoms with van der Waals surface area (Å²) in [6, 6.07) is 6.43. The van der Waals surface area contributed by atoms with Crippen molar-refractivity contribution in [3.63, 3.8) is 0 Å². The zero-order valence-electron chi connectivity index (χ0n) is 19.4. The summed E-state index contributed by atoms with van der Waals surface area (Å²) in [5.41, 5.74) is 3.23. The molecule has 0 atom stereocenters. The van der Waals surface area contributed by atoms with Gasteiger partial charge in [0.15, 0.2) is 5.16 Å². The van der Waals surface area contributed by atoms with E-state index in [2.05, 4.69) is 54.4 Å². The summed E-state index contributed by atoms with van der Waals surface area (Å²) in [6.07, 6.45) is 14.7. The Balaban J connectivity index is 1.19. The maximum absolute atomic E-state index is 4.68. The van der Waals surface area contributed by atoms with Gasteiger partial charge >= 0.3 is 0 Å². The van der Waals surface area contributed by atoms with Crippen LogP contribution in [0.4, 0.5) is 0 Å². The molecular formula is C26H34N6S. The monoisotopic (exact) mass is 462 g/mol. The van der Waals surface area contributed by atoms with E-state index in [1.54, 1.807) is 12.4 Å². The van der Waals surface area contributed by atoms with Crippen molar-refractivity contribution in [3.05, 3.63) is 54.6 Å². The first-order chi connectivity index (χ1) is 16.3. The van der Waals surface area contributed by atoms with Crippen LogP contribution >= 0.6 is 11.8 Å². The molecule has 174 valence electrons. The van der Waals surface area contributed by atoms with Gasteiger partial charge in [0.1, 0.15) is 5.82 Å². The van der Waals surface area contributed by atoms with Crippen molar-refractivity contribution in [2.45, 2.75) is 69.1 Å². The van der Waals surface area contributed by atoms with Crippen LogP contribution in [0.3, 0.4) is 0 Å². The largest absolute Gasteiger partial charge is 0.302 e. The quantitative estimate of drug-likeness (QED) is 0.327. The van der Waals surface area contributed by atoms with E-state index in [0.29, 0.717) is 5.92 Å². The third-order valence-corrected chi connectivity index (χ3v) is 8.32. The number of hydrogen-bond acceptors (Lipinski definition) is 6. The van der Waals surface area contributed by atoms with Gasteiger partial charge in [-0.3, -0.25) is 14.9 Å². The highest BCUT2D eigenvalue weighted by atomic mass is 32.2. The molecule has 3 aromatic rings. The second kappa shape index (κ2) is 10.8. The Morgan fingerprint density at radius 2 is 1.76 bits per heavy atom. The van der Waals surface area contributed by atoms with Gasteiger partial charge in [-0.1, -0.05) is 43.2 Å². The molecule has 5 rings (SSSR count). The lowest BCUT2D eigenvalue weighted by Gasteiger charge is -2.31. The number of thioether (sulfide) groups is 1. The van der Waals surface area contributed by atoms with Crippen LogP contribution in [0.25, 0.3) is 11.0 Å². The SMILES string of the molecule is C=CCn1c(SCC2CCCCC2)nnc1C1CCN(Cc2ccc3nccnc3c2)CC1. The van der Waals surface area contributed by atoms with E-state index in [-0.39, 0.29) is 0 Å². The molecule has 1 aromatic carbocycles. The number of piperidine rings is 1. The van der Waals surface area contributed by atoms with Crippen LogP contribution in [0.15, 0.2) is 48.4 Å². The Labute approximate surface area is 200 Å². The minimum Gasteiger partial charge on any atom is -0.302 e. The van der Waals surface area contributed by atoms with Gasteiger partial charge in [-0.2, -0.15) is 0 Å². The number of hydrogen-bond donors (Lipinski definition) is 0. The summed E-state index contributed by atoms with van der Waals surface area (Å²) in [6.45, 7) is 7.90. The van der Waals surface area contributed by atoms with Crippen LogP contribution in [0, 0.1) is 5.92 Å². The molecule has 0 amide bonds. The van der Waals surface area contributed by atoms with Gasteiger partial charge in [0.05, 0.1) is 11.0 Å². The summed E-state index contributed by atoms with van der Waals surface area (Å²) in [4.78, 5) is 11.4. The van der Waals surface area contributed by atoms with Crippen molar-refractivity contribution >= 4 is 22.8 Å². The number of nitrogens with zero attached hydrogens (tertiary/aromatic N) is 6. The lowest BCUT2D eigenvalue weighted by molar-refractivity contribution is 0.200. The van der Waals surface area contributed by atoms with Crippen molar-refractivity contribution < 1.29 is 0 Å². The molecule has 0 unspecified atom stereocenters. The van der Waals surface area contributed by atoms with E-state index in [1.165, 1.54) is 43.4 Å². The first kappa shape index (κ1) is 22.5. The summed E-state index contributed by atoms with van der Waals surface area (Å²) >= 11 is 1.90. The zero-order valence-corrected chi connectivity index (χ0v) is 20.2. The van der Waals surface area contributed by atoms with E-state index in [1.807, 2.05) is 17.8 Å². The van der Waals surface area contributed by atoms with E-state index in [4.69, 9.17) is 0 Å². The third kappa shape index (κ3) is 5.46. The van der Waals surface area contributed by atoms with E-state index in [0.717, 1.165) is 67.0 Å². The van der Waals surface area contributed by atoms with E-state index in [9.17, 15) is 0 Å². The lowest BCUT2D eigenvalue weighted by Crippen LogP contribution is -2.33. The van der Waals surface area contributed by atoms with E-state index >= 15 is 0 Å².